The molecule has 0 saturated heterocycles. The number of ketones is 1. The molecule has 0 aromatic heterocycles. The largest absolute Gasteiger partial charge is 0.481 e. The maximum Gasteiger partial charge on any atom is 0.416 e. The Morgan fingerprint density at radius 2 is 1.85 bits per heavy atom. The van der Waals surface area contributed by atoms with Crippen molar-refractivity contribution in [1.82, 2.24) is 0 Å². The zero-order valence-electron chi connectivity index (χ0n) is 15.2. The van der Waals surface area contributed by atoms with Crippen LogP contribution in [0.2, 0.25) is 0 Å². The van der Waals surface area contributed by atoms with E-state index in [-0.39, 0.29) is 29.6 Å². The minimum absolute atomic E-state index is 0.0298. The zero-order valence-corrected chi connectivity index (χ0v) is 15.2. The summed E-state index contributed by atoms with van der Waals surface area (Å²) in [5.74, 6) is -0.791. The maximum absolute atomic E-state index is 13.1. The van der Waals surface area contributed by atoms with Gasteiger partial charge in [-0.25, -0.2) is 0 Å². The minimum Gasteiger partial charge on any atom is -0.481 e. The first-order valence-corrected chi connectivity index (χ1v) is 9.38. The van der Waals surface area contributed by atoms with E-state index in [0.29, 0.717) is 25.7 Å². The van der Waals surface area contributed by atoms with E-state index in [4.69, 9.17) is 5.11 Å². The third kappa shape index (κ3) is 6.52. The van der Waals surface area contributed by atoms with E-state index in [9.17, 15) is 22.8 Å². The van der Waals surface area contributed by atoms with E-state index in [2.05, 4.69) is 0 Å². The molecule has 2 rings (SSSR count). The number of halogens is 3. The predicted molar refractivity (Wildman–Crippen MR) is 97.0 cm³/mol. The van der Waals surface area contributed by atoms with Gasteiger partial charge >= 0.3 is 12.1 Å². The van der Waals surface area contributed by atoms with Crippen molar-refractivity contribution in [2.75, 3.05) is 0 Å². The fourth-order valence-corrected chi connectivity index (χ4v) is 3.66. The molecule has 0 radical (unpaired) electrons. The van der Waals surface area contributed by atoms with Crippen molar-refractivity contribution in [1.29, 1.82) is 0 Å². The Morgan fingerprint density at radius 3 is 2.56 bits per heavy atom. The number of carbonyl (C=O) groups excluding carboxylic acids is 1. The Morgan fingerprint density at radius 1 is 1.15 bits per heavy atom. The number of hydrogen-bond acceptors (Lipinski definition) is 2. The number of unbranched alkanes of at least 4 members (excludes halogenated alkanes) is 3. The van der Waals surface area contributed by atoms with Crippen molar-refractivity contribution in [2.45, 2.75) is 57.5 Å². The second-order valence-electron chi connectivity index (χ2n) is 7.07. The number of rotatable bonds is 9. The molecule has 27 heavy (non-hydrogen) atoms. The van der Waals surface area contributed by atoms with E-state index in [0.717, 1.165) is 25.3 Å². The van der Waals surface area contributed by atoms with E-state index in [1.54, 1.807) is 12.1 Å². The van der Waals surface area contributed by atoms with Crippen LogP contribution in [0.15, 0.2) is 30.3 Å². The summed E-state index contributed by atoms with van der Waals surface area (Å²) in [4.78, 5) is 22.6. The first kappa shape index (κ1) is 21.2. The number of aliphatic carboxylic acids is 1. The summed E-state index contributed by atoms with van der Waals surface area (Å²) in [7, 11) is 0. The first-order valence-electron chi connectivity index (χ1n) is 9.38. The van der Waals surface area contributed by atoms with Crippen LogP contribution in [-0.2, 0) is 15.8 Å². The smallest absolute Gasteiger partial charge is 0.416 e. The molecule has 1 fully saturated rings. The molecule has 1 aromatic carbocycles. The average Bonchev–Trinajstić information content (AvgIpc) is 2.95. The molecule has 1 aromatic rings. The van der Waals surface area contributed by atoms with Crippen LogP contribution in [0.5, 0.6) is 0 Å². The summed E-state index contributed by atoms with van der Waals surface area (Å²) in [6.45, 7) is 0. The topological polar surface area (TPSA) is 54.4 Å². The van der Waals surface area contributed by atoms with Gasteiger partial charge in [-0.15, -0.1) is 0 Å². The number of carboxylic acids is 1. The van der Waals surface area contributed by atoms with Crippen LogP contribution >= 0.6 is 0 Å². The third-order valence-corrected chi connectivity index (χ3v) is 5.10. The van der Waals surface area contributed by atoms with Crippen molar-refractivity contribution in [2.24, 2.45) is 11.8 Å². The molecular weight excluding hydrogens is 357 g/mol. The highest BCUT2D eigenvalue weighted by molar-refractivity contribution is 5.84. The third-order valence-electron chi connectivity index (χ3n) is 5.10. The van der Waals surface area contributed by atoms with Gasteiger partial charge < -0.3 is 5.11 Å². The summed E-state index contributed by atoms with van der Waals surface area (Å²) < 4.78 is 39.2. The van der Waals surface area contributed by atoms with Crippen molar-refractivity contribution >= 4 is 17.8 Å². The van der Waals surface area contributed by atoms with Crippen LogP contribution in [0.3, 0.4) is 0 Å². The van der Waals surface area contributed by atoms with Gasteiger partial charge in [0.15, 0.2) is 0 Å². The van der Waals surface area contributed by atoms with Crippen molar-refractivity contribution in [3.63, 3.8) is 0 Å². The molecule has 0 aliphatic heterocycles. The number of hydrogen-bond donors (Lipinski definition) is 1. The minimum atomic E-state index is -4.40. The molecule has 148 valence electrons. The highest BCUT2D eigenvalue weighted by Gasteiger charge is 2.34. The van der Waals surface area contributed by atoms with Crippen molar-refractivity contribution in [3.8, 4) is 0 Å². The van der Waals surface area contributed by atoms with Gasteiger partial charge in [0.25, 0.3) is 0 Å². The van der Waals surface area contributed by atoms with E-state index in [1.165, 1.54) is 18.2 Å². The van der Waals surface area contributed by atoms with Crippen LogP contribution in [0.1, 0.15) is 62.5 Å². The monoisotopic (exact) mass is 382 g/mol. The summed E-state index contributed by atoms with van der Waals surface area (Å²) in [5.41, 5.74) is -0.544. The second-order valence-corrected chi connectivity index (χ2v) is 7.07. The van der Waals surface area contributed by atoms with Gasteiger partial charge in [-0.2, -0.15) is 13.2 Å². The molecule has 6 heteroatoms. The highest BCUT2D eigenvalue weighted by atomic mass is 19.4. The van der Waals surface area contributed by atoms with Crippen LogP contribution in [-0.4, -0.2) is 16.9 Å². The predicted octanol–water partition coefficient (Wildman–Crippen LogP) is 5.74. The van der Waals surface area contributed by atoms with Crippen molar-refractivity contribution < 1.29 is 27.9 Å². The molecule has 0 amide bonds. The second kappa shape index (κ2) is 9.72. The van der Waals surface area contributed by atoms with Gasteiger partial charge in [0, 0.05) is 18.8 Å². The van der Waals surface area contributed by atoms with Crippen LogP contribution in [0, 0.1) is 11.8 Å². The average molecular weight is 382 g/mol. The van der Waals surface area contributed by atoms with Crippen LogP contribution in [0.25, 0.3) is 6.08 Å². The first-order chi connectivity index (χ1) is 12.8. The van der Waals surface area contributed by atoms with Gasteiger partial charge in [0.2, 0.25) is 0 Å². The number of allylic oxidation sites excluding steroid dienone is 1. The molecular formula is C21H25F3O3. The molecule has 0 bridgehead atoms. The van der Waals surface area contributed by atoms with E-state index < -0.39 is 17.7 Å². The number of Topliss-reactive ketones (excluding diaryl/α,β-unsaturated/α-hetero) is 1. The summed E-state index contributed by atoms with van der Waals surface area (Å²) in [6, 6.07) is 5.44. The molecule has 3 nitrogen and oxygen atoms in total. The molecule has 0 spiro atoms. The molecule has 1 N–H and O–H groups in total. The van der Waals surface area contributed by atoms with Gasteiger partial charge in [-0.3, -0.25) is 9.59 Å². The lowest BCUT2D eigenvalue weighted by Gasteiger charge is -2.15. The lowest BCUT2D eigenvalue weighted by atomic mass is 9.89. The standard InChI is InChI=1S/C21H25F3O3/c22-21(23,24)18-9-6-5-7-16(18)12-11-15-13-14-19(25)17(15)8-3-1-2-4-10-20(26)27/h5-7,9,11-12,15,17H,1-4,8,10,13-14H2,(H,26,27)/b12-11+. The molecule has 0 heterocycles. The van der Waals surface area contributed by atoms with Crippen LogP contribution < -0.4 is 0 Å². The highest BCUT2D eigenvalue weighted by Crippen LogP contribution is 2.36. The maximum atomic E-state index is 13.1. The van der Waals surface area contributed by atoms with Gasteiger partial charge in [-0.05, 0) is 36.8 Å². The zero-order chi connectivity index (χ0) is 19.9. The van der Waals surface area contributed by atoms with Gasteiger partial charge in [0.1, 0.15) is 5.78 Å². The Balaban J connectivity index is 1.92. The quantitative estimate of drug-likeness (QED) is 0.554. The normalized spacial score (nSPS) is 20.5. The number of alkyl halides is 3. The fourth-order valence-electron chi connectivity index (χ4n) is 3.66. The summed E-state index contributed by atoms with van der Waals surface area (Å²) in [6.07, 6.45) is 4.00. The van der Waals surface area contributed by atoms with Crippen molar-refractivity contribution in [3.05, 3.63) is 41.5 Å². The lowest BCUT2D eigenvalue weighted by Crippen LogP contribution is -2.13. The Bertz CT molecular complexity index is 679. The molecule has 1 saturated carbocycles. The number of carboxylic acid groups (broad SMARTS) is 1. The van der Waals surface area contributed by atoms with E-state index in [1.807, 2.05) is 0 Å². The number of carbonyl (C=O) groups is 2. The molecule has 1 aliphatic rings. The Kier molecular flexibility index (Phi) is 7.63. The molecule has 2 atom stereocenters. The Labute approximate surface area is 157 Å². The SMILES string of the molecule is O=C(O)CCCCCCC1C(=O)CCC1/C=C/c1ccccc1C(F)(F)F. The summed E-state index contributed by atoms with van der Waals surface area (Å²) in [5, 5.41) is 8.61. The lowest BCUT2D eigenvalue weighted by molar-refractivity contribution is -0.138. The van der Waals surface area contributed by atoms with E-state index >= 15 is 0 Å². The molecule has 2 unspecified atom stereocenters. The van der Waals surface area contributed by atoms with Crippen LogP contribution in [0.4, 0.5) is 13.2 Å². The fraction of sp³-hybridized carbons (Fsp3) is 0.524. The van der Waals surface area contributed by atoms with Gasteiger partial charge in [-0.1, -0.05) is 49.6 Å². The number of benzene rings is 1. The Hall–Kier alpha value is -2.11. The molecule has 1 aliphatic carbocycles. The summed E-state index contributed by atoms with van der Waals surface area (Å²) >= 11 is 0. The van der Waals surface area contributed by atoms with Gasteiger partial charge in [0.05, 0.1) is 5.56 Å².